The van der Waals surface area contributed by atoms with Gasteiger partial charge in [0.2, 0.25) is 0 Å². The van der Waals surface area contributed by atoms with Crippen molar-refractivity contribution in [1.29, 1.82) is 0 Å². The quantitative estimate of drug-likeness (QED) is 0.694. The maximum atomic E-state index is 12.4. The molecule has 2 rings (SSSR count). The number of nitrogens with one attached hydrogen (secondary N) is 2. The van der Waals surface area contributed by atoms with Crippen molar-refractivity contribution < 1.29 is 27.5 Å². The average molecular weight is 391 g/mol. The number of pyridine rings is 1. The van der Waals surface area contributed by atoms with Crippen LogP contribution < -0.4 is 10.0 Å². The molecule has 1 aromatic carbocycles. The van der Waals surface area contributed by atoms with E-state index in [0.717, 1.165) is 6.20 Å². The van der Waals surface area contributed by atoms with Crippen LogP contribution in [0.1, 0.15) is 38.1 Å². The number of benzene rings is 1. The Morgan fingerprint density at radius 3 is 2.41 bits per heavy atom. The van der Waals surface area contributed by atoms with Gasteiger partial charge in [-0.15, -0.1) is 0 Å². The van der Waals surface area contributed by atoms with Crippen LogP contribution in [-0.4, -0.2) is 44.8 Å². The van der Waals surface area contributed by atoms with Crippen LogP contribution in [0.4, 0.5) is 0 Å². The number of carbonyl (C=O) groups is 3. The summed E-state index contributed by atoms with van der Waals surface area (Å²) in [5.41, 5.74) is 0.0638. The van der Waals surface area contributed by atoms with Gasteiger partial charge >= 0.3 is 5.97 Å². The van der Waals surface area contributed by atoms with Crippen molar-refractivity contribution in [2.75, 3.05) is 13.7 Å². The van der Waals surface area contributed by atoms with Gasteiger partial charge in [-0.3, -0.25) is 9.59 Å². The number of amides is 2. The van der Waals surface area contributed by atoms with Gasteiger partial charge in [-0.05, 0) is 37.3 Å². The average Bonchev–Trinajstić information content (AvgIpc) is 2.67. The Labute approximate surface area is 155 Å². The maximum absolute atomic E-state index is 12.4. The largest absolute Gasteiger partial charge is 0.464 e. The highest BCUT2D eigenvalue weighted by molar-refractivity contribution is 7.90. The fraction of sp³-hybridized carbons (Fsp3) is 0.176. The minimum absolute atomic E-state index is 0.0217. The molecule has 0 spiro atoms. The lowest BCUT2D eigenvalue weighted by molar-refractivity contribution is 0.0593. The van der Waals surface area contributed by atoms with Crippen LogP contribution in [0, 0.1) is 0 Å². The molecular weight excluding hydrogens is 374 g/mol. The Bertz CT molecular complexity index is 970. The molecule has 0 atom stereocenters. The van der Waals surface area contributed by atoms with Crippen molar-refractivity contribution in [3.05, 3.63) is 59.4 Å². The van der Waals surface area contributed by atoms with Crippen LogP contribution in [0.3, 0.4) is 0 Å². The second-order valence-corrected chi connectivity index (χ2v) is 6.93. The number of nitrogens with zero attached hydrogens (tertiary/aromatic N) is 1. The van der Waals surface area contributed by atoms with Gasteiger partial charge in [0.05, 0.1) is 17.6 Å². The molecule has 0 bridgehead atoms. The van der Waals surface area contributed by atoms with Gasteiger partial charge in [-0.1, -0.05) is 6.07 Å². The molecule has 2 aromatic rings. The third-order valence-electron chi connectivity index (χ3n) is 3.39. The molecule has 1 heterocycles. The molecule has 0 radical (unpaired) electrons. The predicted octanol–water partition coefficient (Wildman–Crippen LogP) is 0.737. The monoisotopic (exact) mass is 391 g/mol. The first kappa shape index (κ1) is 20.0. The van der Waals surface area contributed by atoms with Crippen molar-refractivity contribution in [2.45, 2.75) is 11.8 Å². The summed E-state index contributed by atoms with van der Waals surface area (Å²) in [7, 11) is -3.02. The standard InChI is InChI=1S/C17H17N3O6S/c1-3-18-15(21)11-5-4-6-13(9-11)27(24,25)20-16(22)12-7-8-14(19-10-12)17(23)26-2/h4-10H,3H2,1-2H3,(H,18,21)(H,20,22). The molecule has 2 N–H and O–H groups in total. The molecule has 0 saturated heterocycles. The fourth-order valence-electron chi connectivity index (χ4n) is 2.06. The second-order valence-electron chi connectivity index (χ2n) is 5.25. The van der Waals surface area contributed by atoms with E-state index in [1.165, 1.54) is 43.5 Å². The number of rotatable bonds is 6. The summed E-state index contributed by atoms with van der Waals surface area (Å²) in [5.74, 6) is -2.04. The van der Waals surface area contributed by atoms with Crippen molar-refractivity contribution >= 4 is 27.8 Å². The Kier molecular flexibility index (Phi) is 6.24. The van der Waals surface area contributed by atoms with Crippen LogP contribution in [0.15, 0.2) is 47.5 Å². The van der Waals surface area contributed by atoms with Crippen molar-refractivity contribution in [3.63, 3.8) is 0 Å². The zero-order chi connectivity index (χ0) is 20.0. The number of aromatic nitrogens is 1. The number of methoxy groups -OCH3 is 1. The SMILES string of the molecule is CCNC(=O)c1cccc(S(=O)(=O)NC(=O)c2ccc(C(=O)OC)nc2)c1. The summed E-state index contributed by atoms with van der Waals surface area (Å²) in [6.45, 7) is 2.12. The molecule has 1 aromatic heterocycles. The first-order chi connectivity index (χ1) is 12.8. The van der Waals surface area contributed by atoms with Gasteiger partial charge in [0.1, 0.15) is 5.69 Å². The van der Waals surface area contributed by atoms with Crippen molar-refractivity contribution in [3.8, 4) is 0 Å². The van der Waals surface area contributed by atoms with Crippen LogP contribution in [0.25, 0.3) is 0 Å². The number of hydrogen-bond acceptors (Lipinski definition) is 7. The van der Waals surface area contributed by atoms with E-state index in [0.29, 0.717) is 6.54 Å². The highest BCUT2D eigenvalue weighted by Gasteiger charge is 2.20. The van der Waals surface area contributed by atoms with Crippen LogP contribution >= 0.6 is 0 Å². The molecule has 0 unspecified atom stereocenters. The number of esters is 1. The van der Waals surface area contributed by atoms with Gasteiger partial charge in [0, 0.05) is 18.3 Å². The minimum atomic E-state index is -4.21. The smallest absolute Gasteiger partial charge is 0.356 e. The zero-order valence-corrected chi connectivity index (χ0v) is 15.4. The fourth-order valence-corrected chi connectivity index (χ4v) is 3.08. The van der Waals surface area contributed by atoms with E-state index >= 15 is 0 Å². The number of ether oxygens (including phenoxy) is 1. The summed E-state index contributed by atoms with van der Waals surface area (Å²) >= 11 is 0. The topological polar surface area (TPSA) is 132 Å². The molecule has 10 heteroatoms. The lowest BCUT2D eigenvalue weighted by Gasteiger charge is -2.09. The number of carbonyl (C=O) groups excluding carboxylic acids is 3. The van der Waals surface area contributed by atoms with Gasteiger partial charge in [-0.2, -0.15) is 0 Å². The summed E-state index contributed by atoms with van der Waals surface area (Å²) in [6, 6.07) is 7.77. The summed E-state index contributed by atoms with van der Waals surface area (Å²) < 4.78 is 31.2. The van der Waals surface area contributed by atoms with Crippen LogP contribution in [0.5, 0.6) is 0 Å². The highest BCUT2D eigenvalue weighted by Crippen LogP contribution is 2.12. The molecule has 142 valence electrons. The first-order valence-corrected chi connectivity index (χ1v) is 9.26. The minimum Gasteiger partial charge on any atom is -0.464 e. The van der Waals surface area contributed by atoms with Crippen LogP contribution in [0.2, 0.25) is 0 Å². The van der Waals surface area contributed by atoms with Crippen molar-refractivity contribution in [1.82, 2.24) is 15.0 Å². The van der Waals surface area contributed by atoms with E-state index in [1.807, 2.05) is 4.72 Å². The molecular formula is C17H17N3O6S. The lowest BCUT2D eigenvalue weighted by Crippen LogP contribution is -2.31. The maximum Gasteiger partial charge on any atom is 0.356 e. The summed E-state index contributed by atoms with van der Waals surface area (Å²) in [5, 5.41) is 2.56. The van der Waals surface area contributed by atoms with Crippen molar-refractivity contribution in [2.24, 2.45) is 0 Å². The van der Waals surface area contributed by atoms with E-state index in [1.54, 1.807) is 6.92 Å². The first-order valence-electron chi connectivity index (χ1n) is 7.78. The zero-order valence-electron chi connectivity index (χ0n) is 14.6. The lowest BCUT2D eigenvalue weighted by atomic mass is 10.2. The summed E-state index contributed by atoms with van der Waals surface area (Å²) in [4.78, 5) is 38.9. The van der Waals surface area contributed by atoms with Gasteiger partial charge in [-0.25, -0.2) is 22.9 Å². The number of sulfonamides is 1. The molecule has 0 aliphatic heterocycles. The van der Waals surface area contributed by atoms with E-state index in [-0.39, 0.29) is 21.7 Å². The normalized spacial score (nSPS) is 10.7. The molecule has 27 heavy (non-hydrogen) atoms. The molecule has 9 nitrogen and oxygen atoms in total. The third-order valence-corrected chi connectivity index (χ3v) is 4.72. The molecule has 0 fully saturated rings. The Balaban J connectivity index is 2.20. The van der Waals surface area contributed by atoms with Crippen LogP contribution in [-0.2, 0) is 14.8 Å². The van der Waals surface area contributed by atoms with E-state index in [2.05, 4.69) is 15.0 Å². The Morgan fingerprint density at radius 2 is 1.81 bits per heavy atom. The predicted molar refractivity (Wildman–Crippen MR) is 94.7 cm³/mol. The van der Waals surface area contributed by atoms with Gasteiger partial charge in [0.25, 0.3) is 21.8 Å². The molecule has 0 aliphatic rings. The highest BCUT2D eigenvalue weighted by atomic mass is 32.2. The summed E-state index contributed by atoms with van der Waals surface area (Å²) in [6.07, 6.45) is 1.06. The van der Waals surface area contributed by atoms with Gasteiger partial charge in [0.15, 0.2) is 0 Å². The van der Waals surface area contributed by atoms with E-state index < -0.39 is 27.8 Å². The van der Waals surface area contributed by atoms with Gasteiger partial charge < -0.3 is 10.1 Å². The molecule has 0 aliphatic carbocycles. The Morgan fingerprint density at radius 1 is 1.07 bits per heavy atom. The Hall–Kier alpha value is -3.27. The molecule has 2 amide bonds. The van der Waals surface area contributed by atoms with E-state index in [4.69, 9.17) is 0 Å². The number of hydrogen-bond donors (Lipinski definition) is 2. The second kappa shape index (κ2) is 8.41. The molecule has 0 saturated carbocycles. The van der Waals surface area contributed by atoms with E-state index in [9.17, 15) is 22.8 Å². The third kappa shape index (κ3) is 4.88.